The van der Waals surface area contributed by atoms with Crippen LogP contribution in [0, 0.1) is 5.82 Å². The van der Waals surface area contributed by atoms with Crippen LogP contribution < -0.4 is 15.4 Å². The van der Waals surface area contributed by atoms with E-state index in [9.17, 15) is 14.3 Å². The lowest BCUT2D eigenvalue weighted by Crippen LogP contribution is -2.56. The summed E-state index contributed by atoms with van der Waals surface area (Å²) in [5.74, 6) is 0.409. The second-order valence-corrected chi connectivity index (χ2v) is 9.91. The molecule has 0 spiro atoms. The number of piperidine rings is 1. The van der Waals surface area contributed by atoms with Crippen molar-refractivity contribution in [3.63, 3.8) is 0 Å². The fourth-order valence-electron chi connectivity index (χ4n) is 3.91. The zero-order valence-corrected chi connectivity index (χ0v) is 21.3. The second kappa shape index (κ2) is 11.4. The SMILES string of the molecule is O=C(Nc1ccc(F)cc1)NC1(O)CCN(Cc2cc(Br)ccc2OCc2ccc(Cl)cc2)CC1. The van der Waals surface area contributed by atoms with E-state index in [2.05, 4.69) is 31.5 Å². The van der Waals surface area contributed by atoms with E-state index < -0.39 is 11.8 Å². The Kier molecular flexibility index (Phi) is 8.28. The number of amides is 2. The Hall–Kier alpha value is -2.65. The smallest absolute Gasteiger partial charge is 0.321 e. The predicted octanol–water partition coefficient (Wildman–Crippen LogP) is 5.93. The van der Waals surface area contributed by atoms with Crippen LogP contribution in [-0.4, -0.2) is 34.9 Å². The summed E-state index contributed by atoms with van der Waals surface area (Å²) < 4.78 is 20.1. The van der Waals surface area contributed by atoms with Crippen LogP contribution in [0.1, 0.15) is 24.0 Å². The van der Waals surface area contributed by atoms with Crippen LogP contribution in [0.4, 0.5) is 14.9 Å². The highest BCUT2D eigenvalue weighted by molar-refractivity contribution is 9.10. The van der Waals surface area contributed by atoms with Gasteiger partial charge in [-0.15, -0.1) is 0 Å². The average Bonchev–Trinajstić information content (AvgIpc) is 2.82. The van der Waals surface area contributed by atoms with Gasteiger partial charge < -0.3 is 20.5 Å². The highest BCUT2D eigenvalue weighted by atomic mass is 79.9. The fourth-order valence-corrected chi connectivity index (χ4v) is 4.44. The highest BCUT2D eigenvalue weighted by Gasteiger charge is 2.34. The van der Waals surface area contributed by atoms with Gasteiger partial charge in [0.05, 0.1) is 0 Å². The van der Waals surface area contributed by atoms with E-state index in [0.717, 1.165) is 21.3 Å². The molecule has 35 heavy (non-hydrogen) atoms. The number of nitrogens with zero attached hydrogens (tertiary/aromatic N) is 1. The molecule has 2 amide bonds. The number of carbonyl (C=O) groups is 1. The molecule has 3 aromatic rings. The fraction of sp³-hybridized carbons (Fsp3) is 0.269. The Morgan fingerprint density at radius 3 is 2.46 bits per heavy atom. The first-order chi connectivity index (χ1) is 16.8. The van der Waals surface area contributed by atoms with Crippen LogP contribution >= 0.6 is 27.5 Å². The zero-order valence-electron chi connectivity index (χ0n) is 18.9. The van der Waals surface area contributed by atoms with E-state index in [1.165, 1.54) is 24.3 Å². The molecule has 1 aliphatic heterocycles. The number of aliphatic hydroxyl groups is 1. The van der Waals surface area contributed by atoms with Crippen molar-refractivity contribution in [1.29, 1.82) is 0 Å². The van der Waals surface area contributed by atoms with Crippen molar-refractivity contribution in [2.75, 3.05) is 18.4 Å². The van der Waals surface area contributed by atoms with Gasteiger partial charge in [0.15, 0.2) is 0 Å². The summed E-state index contributed by atoms with van der Waals surface area (Å²) in [5, 5.41) is 16.8. The number of ether oxygens (including phenoxy) is 1. The van der Waals surface area contributed by atoms with Crippen molar-refractivity contribution in [2.45, 2.75) is 31.7 Å². The molecule has 0 aliphatic carbocycles. The number of benzene rings is 3. The quantitative estimate of drug-likeness (QED) is 0.312. The Bertz CT molecular complexity index is 1150. The summed E-state index contributed by atoms with van der Waals surface area (Å²) in [5.41, 5.74) is 1.19. The lowest BCUT2D eigenvalue weighted by atomic mass is 10.00. The van der Waals surface area contributed by atoms with Crippen LogP contribution in [0.5, 0.6) is 5.75 Å². The third kappa shape index (κ3) is 7.41. The van der Waals surface area contributed by atoms with Gasteiger partial charge in [0.25, 0.3) is 0 Å². The van der Waals surface area contributed by atoms with Gasteiger partial charge in [0.2, 0.25) is 0 Å². The highest BCUT2D eigenvalue weighted by Crippen LogP contribution is 2.28. The van der Waals surface area contributed by atoms with E-state index in [1.807, 2.05) is 42.5 Å². The van der Waals surface area contributed by atoms with E-state index in [-0.39, 0.29) is 5.82 Å². The number of anilines is 1. The molecule has 9 heteroatoms. The topological polar surface area (TPSA) is 73.8 Å². The van der Waals surface area contributed by atoms with Gasteiger partial charge in [-0.05, 0) is 60.2 Å². The Labute approximate surface area is 217 Å². The molecule has 6 nitrogen and oxygen atoms in total. The molecule has 184 valence electrons. The van der Waals surface area contributed by atoms with Gasteiger partial charge in [-0.1, -0.05) is 39.7 Å². The van der Waals surface area contributed by atoms with Gasteiger partial charge in [0.1, 0.15) is 23.9 Å². The normalized spacial score (nSPS) is 15.4. The first kappa shape index (κ1) is 25.4. The standard InChI is InChI=1S/C26H26BrClFN3O3/c27-20-3-10-24(35-17-18-1-4-21(28)5-2-18)19(15-20)16-32-13-11-26(34,12-14-32)31-25(33)30-23-8-6-22(29)7-9-23/h1-10,15,34H,11-14,16-17H2,(H2,30,31,33). The molecule has 1 aliphatic rings. The summed E-state index contributed by atoms with van der Waals surface area (Å²) in [6, 6.07) is 18.4. The lowest BCUT2D eigenvalue weighted by molar-refractivity contribution is -0.0390. The minimum Gasteiger partial charge on any atom is -0.489 e. The van der Waals surface area contributed by atoms with Crippen LogP contribution in [0.2, 0.25) is 5.02 Å². The number of likely N-dealkylation sites (tertiary alicyclic amines) is 1. The lowest BCUT2D eigenvalue weighted by Gasteiger charge is -2.38. The molecule has 0 radical (unpaired) electrons. The maximum Gasteiger partial charge on any atom is 0.321 e. The van der Waals surface area contributed by atoms with Gasteiger partial charge in [-0.3, -0.25) is 4.90 Å². The Morgan fingerprint density at radius 2 is 1.77 bits per heavy atom. The van der Waals surface area contributed by atoms with Crippen LogP contribution in [0.25, 0.3) is 0 Å². The molecule has 3 N–H and O–H groups in total. The largest absolute Gasteiger partial charge is 0.489 e. The molecule has 0 atom stereocenters. The monoisotopic (exact) mass is 561 g/mol. The number of nitrogens with one attached hydrogen (secondary N) is 2. The number of rotatable bonds is 7. The van der Waals surface area contributed by atoms with Crippen molar-refractivity contribution in [3.05, 3.63) is 93.2 Å². The molecule has 1 heterocycles. The second-order valence-electron chi connectivity index (χ2n) is 8.56. The minimum atomic E-state index is -1.31. The van der Waals surface area contributed by atoms with Crippen LogP contribution in [0.15, 0.2) is 71.2 Å². The predicted molar refractivity (Wildman–Crippen MR) is 138 cm³/mol. The van der Waals surface area contributed by atoms with E-state index >= 15 is 0 Å². The van der Waals surface area contributed by atoms with Gasteiger partial charge in [-0.25, -0.2) is 9.18 Å². The number of halogens is 3. The van der Waals surface area contributed by atoms with Crippen molar-refractivity contribution < 1.29 is 19.0 Å². The Balaban J connectivity index is 1.31. The molecule has 1 fully saturated rings. The van der Waals surface area contributed by atoms with Crippen molar-refractivity contribution >= 4 is 39.2 Å². The van der Waals surface area contributed by atoms with E-state index in [0.29, 0.717) is 49.8 Å². The molecule has 0 unspecified atom stereocenters. The van der Waals surface area contributed by atoms with Crippen LogP contribution in [0.3, 0.4) is 0 Å². The summed E-state index contributed by atoms with van der Waals surface area (Å²) in [7, 11) is 0. The molecular formula is C26H26BrClFN3O3. The molecule has 0 aromatic heterocycles. The third-order valence-electron chi connectivity index (χ3n) is 5.86. The first-order valence-electron chi connectivity index (χ1n) is 11.2. The number of urea groups is 1. The van der Waals surface area contributed by atoms with Crippen LogP contribution in [-0.2, 0) is 13.2 Å². The summed E-state index contributed by atoms with van der Waals surface area (Å²) >= 11 is 9.50. The maximum atomic E-state index is 13.0. The van der Waals surface area contributed by atoms with Crippen molar-refractivity contribution in [1.82, 2.24) is 10.2 Å². The van der Waals surface area contributed by atoms with Gasteiger partial charge >= 0.3 is 6.03 Å². The summed E-state index contributed by atoms with van der Waals surface area (Å²) in [4.78, 5) is 14.5. The van der Waals surface area contributed by atoms with E-state index in [1.54, 1.807) is 0 Å². The number of carbonyl (C=O) groups excluding carboxylic acids is 1. The maximum absolute atomic E-state index is 13.0. The third-order valence-corrected chi connectivity index (χ3v) is 6.60. The molecule has 3 aromatic carbocycles. The summed E-state index contributed by atoms with van der Waals surface area (Å²) in [6.07, 6.45) is 0.748. The molecular weight excluding hydrogens is 537 g/mol. The number of hydrogen-bond acceptors (Lipinski definition) is 4. The van der Waals surface area contributed by atoms with E-state index in [4.69, 9.17) is 16.3 Å². The van der Waals surface area contributed by atoms with Crippen molar-refractivity contribution in [2.24, 2.45) is 0 Å². The average molecular weight is 563 g/mol. The van der Waals surface area contributed by atoms with Crippen molar-refractivity contribution in [3.8, 4) is 5.75 Å². The molecule has 0 bridgehead atoms. The van der Waals surface area contributed by atoms with Gasteiger partial charge in [0, 0.05) is 53.2 Å². The molecule has 1 saturated heterocycles. The Morgan fingerprint density at radius 1 is 1.09 bits per heavy atom. The molecule has 0 saturated carbocycles. The zero-order chi connectivity index (χ0) is 24.8. The van der Waals surface area contributed by atoms with Gasteiger partial charge in [-0.2, -0.15) is 0 Å². The minimum absolute atomic E-state index is 0.374. The first-order valence-corrected chi connectivity index (χ1v) is 12.4. The summed E-state index contributed by atoms with van der Waals surface area (Å²) in [6.45, 7) is 2.26. The molecule has 4 rings (SSSR count). The number of hydrogen-bond donors (Lipinski definition) is 3.